The molecule has 0 aliphatic heterocycles. The normalized spacial score (nSPS) is 6.90. The first-order valence-electron chi connectivity index (χ1n) is 2.62. The van der Waals surface area contributed by atoms with Crippen molar-refractivity contribution in [3.05, 3.63) is 30.1 Å². The van der Waals surface area contributed by atoms with Crippen molar-refractivity contribution >= 4 is 0 Å². The topological polar surface area (TPSA) is 36.7 Å². The molecule has 1 aromatic heterocycles. The van der Waals surface area contributed by atoms with Crippen LogP contribution in [0.4, 0.5) is 4.39 Å². The Morgan fingerprint density at radius 1 is 1.50 bits per heavy atom. The van der Waals surface area contributed by atoms with E-state index < -0.39 is 0 Å². The molecule has 3 heteroatoms. The molecule has 0 atom stereocenters. The standard InChI is InChI=1S/C6H4N2.CH3F/c7-5-6-3-1-2-4-8-6;1-2/h1-4H;1H3. The van der Waals surface area contributed by atoms with E-state index in [9.17, 15) is 4.39 Å². The molecule has 0 aromatic carbocycles. The maximum absolute atomic E-state index is 9.50. The van der Waals surface area contributed by atoms with Gasteiger partial charge in [-0.05, 0) is 12.1 Å². The molecule has 0 aliphatic carbocycles. The van der Waals surface area contributed by atoms with Gasteiger partial charge in [-0.25, -0.2) is 4.98 Å². The van der Waals surface area contributed by atoms with Crippen LogP contribution in [0.15, 0.2) is 24.4 Å². The van der Waals surface area contributed by atoms with Crippen LogP contribution in [0.2, 0.25) is 0 Å². The zero-order chi connectivity index (χ0) is 7.82. The molecule has 0 N–H and O–H groups in total. The van der Waals surface area contributed by atoms with Gasteiger partial charge in [-0.1, -0.05) is 6.07 Å². The highest BCUT2D eigenvalue weighted by Gasteiger charge is 1.81. The quantitative estimate of drug-likeness (QED) is 0.545. The van der Waals surface area contributed by atoms with E-state index in [-0.39, 0.29) is 0 Å². The van der Waals surface area contributed by atoms with Crippen molar-refractivity contribution in [3.8, 4) is 6.07 Å². The number of rotatable bonds is 0. The van der Waals surface area contributed by atoms with Crippen molar-refractivity contribution in [1.82, 2.24) is 4.98 Å². The summed E-state index contributed by atoms with van der Waals surface area (Å²) in [5.41, 5.74) is 0.465. The van der Waals surface area contributed by atoms with Gasteiger partial charge in [0.1, 0.15) is 11.8 Å². The molecule has 0 spiro atoms. The number of hydrogen-bond acceptors (Lipinski definition) is 2. The molecule has 1 heterocycles. The average molecular weight is 138 g/mol. The molecule has 0 saturated heterocycles. The molecular weight excluding hydrogens is 131 g/mol. The second kappa shape index (κ2) is 5.70. The highest BCUT2D eigenvalue weighted by molar-refractivity contribution is 5.18. The van der Waals surface area contributed by atoms with E-state index in [1.807, 2.05) is 6.07 Å². The van der Waals surface area contributed by atoms with Crippen molar-refractivity contribution in [2.75, 3.05) is 7.18 Å². The number of nitriles is 1. The summed E-state index contributed by atoms with van der Waals surface area (Å²) in [6.07, 6.45) is 1.60. The first-order valence-corrected chi connectivity index (χ1v) is 2.62. The Kier molecular flexibility index (Phi) is 4.89. The summed E-state index contributed by atoms with van der Waals surface area (Å²) in [4.78, 5) is 3.74. The summed E-state index contributed by atoms with van der Waals surface area (Å²) >= 11 is 0. The van der Waals surface area contributed by atoms with Crippen LogP contribution < -0.4 is 0 Å². The predicted molar refractivity (Wildman–Crippen MR) is 36.0 cm³/mol. The number of hydrogen-bond donors (Lipinski definition) is 0. The lowest BCUT2D eigenvalue weighted by Gasteiger charge is -1.79. The van der Waals surface area contributed by atoms with Crippen molar-refractivity contribution < 1.29 is 4.39 Å². The fraction of sp³-hybridized carbons (Fsp3) is 0.143. The van der Waals surface area contributed by atoms with Crippen molar-refractivity contribution in [2.45, 2.75) is 0 Å². The molecule has 1 rings (SSSR count). The van der Waals surface area contributed by atoms with Crippen LogP contribution in [0.25, 0.3) is 0 Å². The maximum atomic E-state index is 9.50. The molecule has 10 heavy (non-hydrogen) atoms. The van der Waals surface area contributed by atoms with Gasteiger partial charge in [0.05, 0.1) is 7.18 Å². The Labute approximate surface area is 58.9 Å². The monoisotopic (exact) mass is 138 g/mol. The second-order valence-electron chi connectivity index (χ2n) is 1.33. The lowest BCUT2D eigenvalue weighted by atomic mass is 10.4. The molecule has 0 radical (unpaired) electrons. The van der Waals surface area contributed by atoms with Crippen molar-refractivity contribution in [3.63, 3.8) is 0 Å². The van der Waals surface area contributed by atoms with Gasteiger partial charge in [-0.15, -0.1) is 0 Å². The Morgan fingerprint density at radius 2 is 2.20 bits per heavy atom. The summed E-state index contributed by atoms with van der Waals surface area (Å²) in [7, 11) is 0.500. The minimum Gasteiger partial charge on any atom is -0.255 e. The van der Waals surface area contributed by atoms with E-state index >= 15 is 0 Å². The molecule has 1 aromatic rings. The van der Waals surface area contributed by atoms with Crippen LogP contribution in [0.1, 0.15) is 5.69 Å². The van der Waals surface area contributed by atoms with Crippen LogP contribution in [-0.2, 0) is 0 Å². The average Bonchev–Trinajstić information content (AvgIpc) is 2.10. The van der Waals surface area contributed by atoms with Crippen LogP contribution in [0, 0.1) is 11.3 Å². The first kappa shape index (κ1) is 8.57. The van der Waals surface area contributed by atoms with Gasteiger partial charge in [-0.3, -0.25) is 4.39 Å². The molecule has 0 unspecified atom stereocenters. The maximum Gasteiger partial charge on any atom is 0.140 e. The molecule has 0 amide bonds. The summed E-state index contributed by atoms with van der Waals surface area (Å²) < 4.78 is 9.50. The summed E-state index contributed by atoms with van der Waals surface area (Å²) in [5.74, 6) is 0. The first-order chi connectivity index (χ1) is 4.93. The second-order valence-corrected chi connectivity index (χ2v) is 1.33. The summed E-state index contributed by atoms with van der Waals surface area (Å²) in [6.45, 7) is 0. The fourth-order valence-corrected chi connectivity index (χ4v) is 0.429. The van der Waals surface area contributed by atoms with Crippen molar-refractivity contribution in [1.29, 1.82) is 5.26 Å². The third-order valence-corrected chi connectivity index (χ3v) is 0.779. The fourth-order valence-electron chi connectivity index (χ4n) is 0.429. The SMILES string of the molecule is CF.N#Cc1ccccn1. The van der Waals surface area contributed by atoms with E-state index in [1.54, 1.807) is 24.4 Å². The molecule has 2 nitrogen and oxygen atoms in total. The smallest absolute Gasteiger partial charge is 0.140 e. The van der Waals surface area contributed by atoms with Crippen LogP contribution >= 0.6 is 0 Å². The molecule has 0 saturated carbocycles. The van der Waals surface area contributed by atoms with E-state index in [4.69, 9.17) is 5.26 Å². The largest absolute Gasteiger partial charge is 0.255 e. The lowest BCUT2D eigenvalue weighted by molar-refractivity contribution is 0.636. The zero-order valence-corrected chi connectivity index (χ0v) is 5.58. The van der Waals surface area contributed by atoms with Crippen LogP contribution in [0.5, 0.6) is 0 Å². The van der Waals surface area contributed by atoms with Gasteiger partial charge < -0.3 is 0 Å². The summed E-state index contributed by atoms with van der Waals surface area (Å²) in [5, 5.41) is 8.23. The highest BCUT2D eigenvalue weighted by atomic mass is 19.1. The summed E-state index contributed by atoms with van der Waals surface area (Å²) in [6, 6.07) is 7.14. The number of nitrogens with zero attached hydrogens (tertiary/aromatic N) is 2. The van der Waals surface area contributed by atoms with Crippen molar-refractivity contribution in [2.24, 2.45) is 0 Å². The van der Waals surface area contributed by atoms with E-state index in [0.29, 0.717) is 12.9 Å². The van der Waals surface area contributed by atoms with E-state index in [1.165, 1.54) is 0 Å². The van der Waals surface area contributed by atoms with Gasteiger partial charge in [0, 0.05) is 6.20 Å². The third-order valence-electron chi connectivity index (χ3n) is 0.779. The van der Waals surface area contributed by atoms with E-state index in [2.05, 4.69) is 4.98 Å². The Morgan fingerprint density at radius 3 is 2.50 bits per heavy atom. The van der Waals surface area contributed by atoms with E-state index in [0.717, 1.165) is 0 Å². The number of halogens is 1. The number of pyridine rings is 1. The molecule has 52 valence electrons. The van der Waals surface area contributed by atoms with Crippen LogP contribution in [0.3, 0.4) is 0 Å². The predicted octanol–water partition coefficient (Wildman–Crippen LogP) is 1.54. The lowest BCUT2D eigenvalue weighted by Crippen LogP contribution is -1.75. The minimum atomic E-state index is 0.465. The van der Waals surface area contributed by atoms with Gasteiger partial charge in [0.15, 0.2) is 0 Å². The highest BCUT2D eigenvalue weighted by Crippen LogP contribution is 1.86. The molecule has 0 bridgehead atoms. The minimum absolute atomic E-state index is 0.465. The molecule has 0 fully saturated rings. The Hall–Kier alpha value is -1.43. The molecular formula is C7H7FN2. The van der Waals surface area contributed by atoms with Gasteiger partial charge in [0.25, 0.3) is 0 Å². The molecule has 0 aliphatic rings. The third kappa shape index (κ3) is 2.78. The van der Waals surface area contributed by atoms with Gasteiger partial charge in [0.2, 0.25) is 0 Å². The number of aromatic nitrogens is 1. The van der Waals surface area contributed by atoms with Gasteiger partial charge >= 0.3 is 0 Å². The van der Waals surface area contributed by atoms with Gasteiger partial charge in [-0.2, -0.15) is 5.26 Å². The zero-order valence-electron chi connectivity index (χ0n) is 5.58. The Balaban J connectivity index is 0.000000371. The van der Waals surface area contributed by atoms with Crippen LogP contribution in [-0.4, -0.2) is 12.2 Å². The Bertz CT molecular complexity index is 203. The number of alkyl halides is 1.